The molecule has 1 fully saturated rings. The van der Waals surface area contributed by atoms with Crippen molar-refractivity contribution < 1.29 is 34.9 Å². The predicted molar refractivity (Wildman–Crippen MR) is 118 cm³/mol. The van der Waals surface area contributed by atoms with Gasteiger partial charge in [-0.1, -0.05) is 23.7 Å². The largest absolute Gasteiger partial charge is 0.507 e. The summed E-state index contributed by atoms with van der Waals surface area (Å²) in [6.45, 7) is -0.812. The van der Waals surface area contributed by atoms with Crippen molar-refractivity contribution in [3.63, 3.8) is 0 Å². The molecule has 4 N–H and O–H groups in total. The third-order valence-electron chi connectivity index (χ3n) is 5.37. The fraction of sp³-hybridized carbons (Fsp3) is 0.286. The summed E-state index contributed by atoms with van der Waals surface area (Å²) in [7, 11) is -3.32. The Bertz CT molecular complexity index is 1330. The molecule has 0 spiro atoms. The zero-order chi connectivity index (χ0) is 24.1. The molecule has 170 valence electrons. The highest BCUT2D eigenvalue weighted by Crippen LogP contribution is 2.47. The molecule has 0 amide bonds. The van der Waals surface area contributed by atoms with Gasteiger partial charge in [-0.05, 0) is 32.1 Å². The molecule has 1 aliphatic heterocycles. The van der Waals surface area contributed by atoms with E-state index in [9.17, 15) is 29.4 Å². The minimum absolute atomic E-state index is 0.00856. The first-order chi connectivity index (χ1) is 15.5. The van der Waals surface area contributed by atoms with Crippen molar-refractivity contribution in [3.8, 4) is 22.8 Å². The number of phosphoric ester groups is 1. The zero-order valence-electron chi connectivity index (χ0n) is 17.8. The summed E-state index contributed by atoms with van der Waals surface area (Å²) < 4.78 is 30.9. The van der Waals surface area contributed by atoms with Crippen LogP contribution in [0, 0.1) is 0 Å². The highest BCUT2D eigenvalue weighted by molar-refractivity contribution is 7.46. The van der Waals surface area contributed by atoms with Crippen LogP contribution in [0.5, 0.6) is 11.5 Å². The number of phenols is 2. The average molecular weight is 483 g/mol. The van der Waals surface area contributed by atoms with Gasteiger partial charge in [-0.3, -0.25) is 9.32 Å². The van der Waals surface area contributed by atoms with Gasteiger partial charge in [-0.25, -0.2) is 4.57 Å². The van der Waals surface area contributed by atoms with Crippen molar-refractivity contribution in [1.82, 2.24) is 4.90 Å². The summed E-state index contributed by atoms with van der Waals surface area (Å²) in [6.07, 6.45) is -1.13. The molecule has 0 bridgehead atoms. The quantitative estimate of drug-likeness (QED) is 0.411. The number of likely N-dealkylation sites (N-methyl/N-ethyl adjacent to an activating group) is 1. The van der Waals surface area contributed by atoms with Gasteiger partial charge in [-0.2, -0.15) is 0 Å². The average Bonchev–Trinajstić information content (AvgIpc) is 2.70. The Kier molecular flexibility index (Phi) is 5.71. The van der Waals surface area contributed by atoms with Crippen molar-refractivity contribution in [1.29, 1.82) is 0 Å². The molecule has 0 radical (unpaired) electrons. The number of rotatable bonds is 4. The SMILES string of the molecule is [2H]C1C[C@H](c2c(O)cc(O)c3c(=O)cc(-c4ccccc4Cl)oc23)[C@H](OP(=O)(O)O)CN1C. The molecule has 2 aromatic carbocycles. The Morgan fingerprint density at radius 2 is 1.97 bits per heavy atom. The van der Waals surface area contributed by atoms with Gasteiger partial charge in [0.05, 0.1) is 11.1 Å². The molecular formula is C21H21ClNO8P. The number of phenolic OH excluding ortho intramolecular Hbond substituents is 2. The molecule has 32 heavy (non-hydrogen) atoms. The first-order valence-electron chi connectivity index (χ1n) is 10.2. The number of halogens is 1. The smallest absolute Gasteiger partial charge is 0.469 e. The van der Waals surface area contributed by atoms with Crippen LogP contribution in [-0.4, -0.2) is 51.1 Å². The third kappa shape index (κ3) is 4.41. The number of aromatic hydroxyl groups is 2. The molecule has 0 saturated carbocycles. The van der Waals surface area contributed by atoms with E-state index in [1.807, 2.05) is 0 Å². The topological polar surface area (TPSA) is 141 Å². The van der Waals surface area contributed by atoms with E-state index in [4.69, 9.17) is 21.9 Å². The second-order valence-corrected chi connectivity index (χ2v) is 9.19. The normalized spacial score (nSPS) is 22.8. The van der Waals surface area contributed by atoms with Crippen LogP contribution in [0.2, 0.25) is 5.02 Å². The zero-order valence-corrected chi connectivity index (χ0v) is 18.5. The monoisotopic (exact) mass is 482 g/mol. The van der Waals surface area contributed by atoms with E-state index in [-0.39, 0.29) is 35.3 Å². The van der Waals surface area contributed by atoms with Crippen LogP contribution < -0.4 is 5.43 Å². The first kappa shape index (κ1) is 21.5. The van der Waals surface area contributed by atoms with Crippen molar-refractivity contribution in [2.24, 2.45) is 0 Å². The maximum Gasteiger partial charge on any atom is 0.469 e. The molecule has 1 unspecified atom stereocenters. The lowest BCUT2D eigenvalue weighted by molar-refractivity contribution is 0.0544. The fourth-order valence-corrected chi connectivity index (χ4v) is 4.79. The highest BCUT2D eigenvalue weighted by Gasteiger charge is 2.38. The van der Waals surface area contributed by atoms with E-state index in [0.717, 1.165) is 12.1 Å². The second-order valence-electron chi connectivity index (χ2n) is 7.59. The van der Waals surface area contributed by atoms with Crippen LogP contribution >= 0.6 is 19.4 Å². The minimum atomic E-state index is -4.93. The number of benzene rings is 2. The molecule has 1 aromatic heterocycles. The molecule has 3 aromatic rings. The lowest BCUT2D eigenvalue weighted by Crippen LogP contribution is -2.41. The van der Waals surface area contributed by atoms with Gasteiger partial charge in [0, 0.05) is 37.1 Å². The maximum absolute atomic E-state index is 12.9. The van der Waals surface area contributed by atoms with E-state index < -0.39 is 43.3 Å². The molecular weight excluding hydrogens is 461 g/mol. The summed E-state index contributed by atoms with van der Waals surface area (Å²) >= 11 is 6.25. The molecule has 1 saturated heterocycles. The molecule has 1 aliphatic rings. The van der Waals surface area contributed by atoms with E-state index >= 15 is 0 Å². The van der Waals surface area contributed by atoms with Crippen LogP contribution in [0.3, 0.4) is 0 Å². The van der Waals surface area contributed by atoms with Crippen LogP contribution in [0.15, 0.2) is 45.6 Å². The lowest BCUT2D eigenvalue weighted by Gasteiger charge is -2.36. The summed E-state index contributed by atoms with van der Waals surface area (Å²) in [5.74, 6) is -1.83. The Labute approximate surface area is 189 Å². The standard InChI is InChI=1S/C21H21ClNO8P/c1-23-7-6-12(18(10-23)31-32(27,28)29)19-14(24)8-15(25)20-16(26)9-17(30-21(19)20)11-4-2-3-5-13(11)22/h2-5,8-9,12,18,24-25H,6-7,10H2,1H3,(H2,27,28,29)/t12-,18+/m0/s1/i7D/t7?,12-,18+. The van der Waals surface area contributed by atoms with Gasteiger partial charge in [0.15, 0.2) is 5.43 Å². The summed E-state index contributed by atoms with van der Waals surface area (Å²) in [5, 5.41) is 21.2. The van der Waals surface area contributed by atoms with Gasteiger partial charge in [-0.15, -0.1) is 0 Å². The van der Waals surface area contributed by atoms with Gasteiger partial charge in [0.1, 0.15) is 28.2 Å². The van der Waals surface area contributed by atoms with E-state index in [2.05, 4.69) is 0 Å². The van der Waals surface area contributed by atoms with E-state index in [1.165, 1.54) is 0 Å². The highest BCUT2D eigenvalue weighted by atomic mass is 35.5. The lowest BCUT2D eigenvalue weighted by atomic mass is 9.85. The van der Waals surface area contributed by atoms with Crippen molar-refractivity contribution in [3.05, 3.63) is 57.2 Å². The number of nitrogens with zero attached hydrogens (tertiary/aromatic N) is 1. The van der Waals surface area contributed by atoms with Gasteiger partial charge >= 0.3 is 7.82 Å². The van der Waals surface area contributed by atoms with Crippen LogP contribution in [0.25, 0.3) is 22.3 Å². The maximum atomic E-state index is 12.9. The van der Waals surface area contributed by atoms with Crippen LogP contribution in [0.4, 0.5) is 0 Å². The predicted octanol–water partition coefficient (Wildman–Crippen LogP) is 3.42. The molecule has 11 heteroatoms. The summed E-state index contributed by atoms with van der Waals surface area (Å²) in [6, 6.07) is 8.76. The molecule has 4 rings (SSSR count). The van der Waals surface area contributed by atoms with Crippen molar-refractivity contribution in [2.45, 2.75) is 18.4 Å². The number of hydrogen-bond donors (Lipinski definition) is 4. The minimum Gasteiger partial charge on any atom is -0.507 e. The third-order valence-corrected chi connectivity index (χ3v) is 6.24. The van der Waals surface area contributed by atoms with Gasteiger partial charge in [0.25, 0.3) is 0 Å². The van der Waals surface area contributed by atoms with Crippen LogP contribution in [-0.2, 0) is 9.09 Å². The van der Waals surface area contributed by atoms with Crippen molar-refractivity contribution >= 4 is 30.4 Å². The van der Waals surface area contributed by atoms with E-state index in [0.29, 0.717) is 10.6 Å². The summed E-state index contributed by atoms with van der Waals surface area (Å²) in [4.78, 5) is 33.3. The van der Waals surface area contributed by atoms with Gasteiger partial charge in [0.2, 0.25) is 0 Å². The number of fused-ring (bicyclic) bond motifs is 1. The number of likely N-dealkylation sites (tertiary alicyclic amines) is 1. The van der Waals surface area contributed by atoms with Crippen LogP contribution in [0.1, 0.15) is 19.3 Å². The summed E-state index contributed by atoms with van der Waals surface area (Å²) in [5.41, 5.74) is -0.363. The second kappa shape index (κ2) is 8.51. The van der Waals surface area contributed by atoms with Gasteiger partial charge < -0.3 is 29.3 Å². The first-order valence-corrected chi connectivity index (χ1v) is 11.5. The number of hydrogen-bond acceptors (Lipinski definition) is 7. The Balaban J connectivity index is 1.98. The van der Waals surface area contributed by atoms with E-state index in [1.54, 1.807) is 36.2 Å². The Morgan fingerprint density at radius 1 is 1.25 bits per heavy atom. The number of phosphoric acid groups is 1. The molecule has 0 aliphatic carbocycles. The molecule has 3 atom stereocenters. The fourth-order valence-electron chi connectivity index (χ4n) is 3.99. The number of piperidine rings is 1. The molecule has 2 heterocycles. The Hall–Kier alpha value is -2.39. The van der Waals surface area contributed by atoms with Crippen molar-refractivity contribution in [2.75, 3.05) is 20.1 Å². The Morgan fingerprint density at radius 3 is 2.66 bits per heavy atom. The molecule has 9 nitrogen and oxygen atoms in total.